The molecule has 100 valence electrons. The number of fused-ring (bicyclic) bond motifs is 1. The molecule has 1 saturated carbocycles. The molecule has 0 aromatic carbocycles. The van der Waals surface area contributed by atoms with E-state index in [9.17, 15) is 5.11 Å². The van der Waals surface area contributed by atoms with Crippen molar-refractivity contribution in [3.63, 3.8) is 0 Å². The molecule has 1 N–H and O–H groups in total. The third-order valence-electron chi connectivity index (χ3n) is 3.96. The molecule has 1 aromatic rings. The summed E-state index contributed by atoms with van der Waals surface area (Å²) in [5.41, 5.74) is 0.991. The van der Waals surface area contributed by atoms with Gasteiger partial charge < -0.3 is 5.11 Å². The van der Waals surface area contributed by atoms with Gasteiger partial charge in [0.15, 0.2) is 0 Å². The Labute approximate surface area is 117 Å². The first kappa shape index (κ1) is 12.9. The lowest BCUT2D eigenvalue weighted by Gasteiger charge is -2.20. The second kappa shape index (κ2) is 5.93. The zero-order valence-corrected chi connectivity index (χ0v) is 12.4. The number of rotatable bonds is 3. The summed E-state index contributed by atoms with van der Waals surface area (Å²) in [6.07, 6.45) is 9.86. The van der Waals surface area contributed by atoms with Crippen LogP contribution in [0.1, 0.15) is 66.6 Å². The average molecular weight is 283 g/mol. The maximum Gasteiger partial charge on any atom is 0.103 e. The van der Waals surface area contributed by atoms with E-state index in [0.29, 0.717) is 0 Å². The molecule has 1 fully saturated rings. The third-order valence-corrected chi connectivity index (χ3v) is 6.66. The summed E-state index contributed by atoms with van der Waals surface area (Å²) in [7, 11) is 0. The highest BCUT2D eigenvalue weighted by Crippen LogP contribution is 2.36. The average Bonchev–Trinajstić information content (AvgIpc) is 2.82. The Balaban J connectivity index is 1.59. The smallest absolute Gasteiger partial charge is 0.103 e. The van der Waals surface area contributed by atoms with Crippen molar-refractivity contribution in [1.29, 1.82) is 0 Å². The fraction of sp³-hybridized carbons (Fsp3) is 0.786. The number of thioether (sulfide) groups is 1. The van der Waals surface area contributed by atoms with Gasteiger partial charge in [0.05, 0.1) is 11.8 Å². The molecular formula is C14H21NOS2. The molecule has 2 nitrogen and oxygen atoms in total. The van der Waals surface area contributed by atoms with E-state index in [2.05, 4.69) is 16.7 Å². The van der Waals surface area contributed by atoms with E-state index < -0.39 is 0 Å². The van der Waals surface area contributed by atoms with E-state index in [4.69, 9.17) is 0 Å². The fourth-order valence-corrected chi connectivity index (χ4v) is 5.44. The van der Waals surface area contributed by atoms with Gasteiger partial charge in [-0.2, -0.15) is 11.8 Å². The largest absolute Gasteiger partial charge is 0.387 e. The Hall–Kier alpha value is -0.0600. The lowest BCUT2D eigenvalue weighted by molar-refractivity contribution is 0.153. The van der Waals surface area contributed by atoms with Crippen molar-refractivity contribution in [2.75, 3.05) is 0 Å². The third kappa shape index (κ3) is 2.91. The van der Waals surface area contributed by atoms with Crippen molar-refractivity contribution < 1.29 is 5.11 Å². The van der Waals surface area contributed by atoms with E-state index in [0.717, 1.165) is 36.0 Å². The van der Waals surface area contributed by atoms with Crippen LogP contribution in [0.5, 0.6) is 0 Å². The quantitative estimate of drug-likeness (QED) is 0.907. The van der Waals surface area contributed by atoms with Crippen molar-refractivity contribution in [2.24, 2.45) is 0 Å². The molecule has 1 aromatic heterocycles. The Morgan fingerprint density at radius 1 is 1.17 bits per heavy atom. The van der Waals surface area contributed by atoms with Crippen LogP contribution in [0.25, 0.3) is 0 Å². The first-order chi connectivity index (χ1) is 8.83. The van der Waals surface area contributed by atoms with Gasteiger partial charge in [0.1, 0.15) is 5.01 Å². The Morgan fingerprint density at radius 2 is 2.00 bits per heavy atom. The molecule has 18 heavy (non-hydrogen) atoms. The number of thiazole rings is 1. The van der Waals surface area contributed by atoms with Crippen molar-refractivity contribution in [2.45, 2.75) is 68.5 Å². The van der Waals surface area contributed by atoms with Gasteiger partial charge in [-0.1, -0.05) is 19.3 Å². The summed E-state index contributed by atoms with van der Waals surface area (Å²) in [6.45, 7) is 0. The Morgan fingerprint density at radius 3 is 2.78 bits per heavy atom. The second-order valence-corrected chi connectivity index (χ2v) is 7.85. The molecule has 1 atom stereocenters. The molecular weight excluding hydrogens is 262 g/mol. The lowest BCUT2D eigenvalue weighted by atomic mass is 10.0. The normalized spacial score (nSPS) is 25.1. The van der Waals surface area contributed by atoms with Crippen molar-refractivity contribution in [3.05, 3.63) is 15.6 Å². The maximum absolute atomic E-state index is 9.93. The van der Waals surface area contributed by atoms with Gasteiger partial charge in [-0.15, -0.1) is 11.3 Å². The standard InChI is InChI=1S/C14H21NOS2/c16-11-7-4-8-12-14(11)15-13(18-12)9-17-10-5-2-1-3-6-10/h10-11,16H,1-9H2. The topological polar surface area (TPSA) is 33.1 Å². The van der Waals surface area contributed by atoms with Crippen molar-refractivity contribution in [3.8, 4) is 0 Å². The van der Waals surface area contributed by atoms with Crippen LogP contribution in [0.3, 0.4) is 0 Å². The predicted molar refractivity (Wildman–Crippen MR) is 78.2 cm³/mol. The van der Waals surface area contributed by atoms with E-state index in [-0.39, 0.29) is 6.10 Å². The molecule has 0 radical (unpaired) electrons. The van der Waals surface area contributed by atoms with Crippen molar-refractivity contribution >= 4 is 23.1 Å². The van der Waals surface area contributed by atoms with Crippen LogP contribution in [-0.4, -0.2) is 15.3 Å². The summed E-state index contributed by atoms with van der Waals surface area (Å²) in [6, 6.07) is 0. The number of aromatic nitrogens is 1. The number of aliphatic hydroxyl groups is 1. The number of aliphatic hydroxyl groups excluding tert-OH is 1. The van der Waals surface area contributed by atoms with Gasteiger partial charge in [0, 0.05) is 15.9 Å². The minimum absolute atomic E-state index is 0.293. The van der Waals surface area contributed by atoms with Crippen LogP contribution in [0, 0.1) is 0 Å². The SMILES string of the molecule is OC1CCCc2sc(CSC3CCCCC3)nc21. The summed E-state index contributed by atoms with van der Waals surface area (Å²) in [5.74, 6) is 1.05. The number of nitrogens with zero attached hydrogens (tertiary/aromatic N) is 1. The molecule has 1 heterocycles. The lowest BCUT2D eigenvalue weighted by Crippen LogP contribution is -2.08. The van der Waals surface area contributed by atoms with Crippen molar-refractivity contribution in [1.82, 2.24) is 4.98 Å². The number of hydrogen-bond donors (Lipinski definition) is 1. The van der Waals surface area contributed by atoms with Gasteiger partial charge >= 0.3 is 0 Å². The van der Waals surface area contributed by atoms with Crippen LogP contribution >= 0.6 is 23.1 Å². The minimum Gasteiger partial charge on any atom is -0.387 e. The van der Waals surface area contributed by atoms with E-state index >= 15 is 0 Å². The molecule has 0 aliphatic heterocycles. The van der Waals surface area contributed by atoms with Crippen LogP contribution in [0.2, 0.25) is 0 Å². The van der Waals surface area contributed by atoms with Crippen LogP contribution in [-0.2, 0) is 12.2 Å². The molecule has 0 amide bonds. The summed E-state index contributed by atoms with van der Waals surface area (Å²) < 4.78 is 0. The van der Waals surface area contributed by atoms with Gasteiger partial charge in [0.2, 0.25) is 0 Å². The van der Waals surface area contributed by atoms with Crippen LogP contribution in [0.15, 0.2) is 0 Å². The number of hydrogen-bond acceptors (Lipinski definition) is 4. The second-order valence-electron chi connectivity index (χ2n) is 5.40. The molecule has 0 saturated heterocycles. The molecule has 4 heteroatoms. The number of aryl methyl sites for hydroxylation is 1. The summed E-state index contributed by atoms with van der Waals surface area (Å²) >= 11 is 3.92. The highest BCUT2D eigenvalue weighted by atomic mass is 32.2. The highest BCUT2D eigenvalue weighted by molar-refractivity contribution is 7.99. The van der Waals surface area contributed by atoms with E-state index in [1.165, 1.54) is 42.0 Å². The minimum atomic E-state index is -0.293. The molecule has 2 aliphatic rings. The van der Waals surface area contributed by atoms with Crippen LogP contribution < -0.4 is 0 Å². The highest BCUT2D eigenvalue weighted by Gasteiger charge is 2.23. The van der Waals surface area contributed by atoms with Gasteiger partial charge in [-0.25, -0.2) is 4.98 Å². The first-order valence-corrected chi connectivity index (χ1v) is 8.97. The van der Waals surface area contributed by atoms with Gasteiger partial charge in [-0.3, -0.25) is 0 Å². The Kier molecular flexibility index (Phi) is 4.27. The van der Waals surface area contributed by atoms with Crippen LogP contribution in [0.4, 0.5) is 0 Å². The zero-order valence-electron chi connectivity index (χ0n) is 10.7. The maximum atomic E-state index is 9.93. The summed E-state index contributed by atoms with van der Waals surface area (Å²) in [5, 5.41) is 12.0. The van der Waals surface area contributed by atoms with Gasteiger partial charge in [0.25, 0.3) is 0 Å². The van der Waals surface area contributed by atoms with E-state index in [1.807, 2.05) is 11.3 Å². The molecule has 0 spiro atoms. The zero-order chi connectivity index (χ0) is 12.4. The fourth-order valence-electron chi connectivity index (χ4n) is 2.93. The Bertz CT molecular complexity index is 398. The van der Waals surface area contributed by atoms with Gasteiger partial charge in [-0.05, 0) is 32.1 Å². The molecule has 2 aliphatic carbocycles. The summed E-state index contributed by atoms with van der Waals surface area (Å²) in [4.78, 5) is 6.00. The molecule has 1 unspecified atom stereocenters. The first-order valence-electron chi connectivity index (χ1n) is 7.11. The monoisotopic (exact) mass is 283 g/mol. The molecule has 3 rings (SSSR count). The molecule has 0 bridgehead atoms. The predicted octanol–water partition coefficient (Wildman–Crippen LogP) is 4.08. The van der Waals surface area contributed by atoms with E-state index in [1.54, 1.807) is 0 Å².